The van der Waals surface area contributed by atoms with Crippen molar-refractivity contribution in [3.05, 3.63) is 40.9 Å². The van der Waals surface area contributed by atoms with Crippen LogP contribution in [0.25, 0.3) is 10.2 Å². The Balaban J connectivity index is 1.67. The first-order valence-corrected chi connectivity index (χ1v) is 7.46. The van der Waals surface area contributed by atoms with Gasteiger partial charge in [0.15, 0.2) is 5.01 Å². The summed E-state index contributed by atoms with van der Waals surface area (Å²) < 4.78 is 0.964. The lowest BCUT2D eigenvalue weighted by atomic mass is 10.2. The number of amides is 1. The van der Waals surface area contributed by atoms with Gasteiger partial charge in [-0.05, 0) is 26.0 Å². The molecule has 0 aromatic carbocycles. The standard InChI is InChI=1S/C14H15N5OS/c1-8(5-10-6-9(2)18-19-10)16-13(20)14-17-11-7-15-4-3-12(11)21-14/h3-4,6-8H,5H2,1-2H3,(H,16,20)(H,18,19). The van der Waals surface area contributed by atoms with Crippen LogP contribution in [-0.4, -0.2) is 32.1 Å². The third-order valence-corrected chi connectivity index (χ3v) is 4.07. The van der Waals surface area contributed by atoms with Crippen LogP contribution in [0, 0.1) is 6.92 Å². The largest absolute Gasteiger partial charge is 0.347 e. The Kier molecular flexibility index (Phi) is 3.66. The zero-order valence-corrected chi connectivity index (χ0v) is 12.6. The molecule has 3 rings (SSSR count). The highest BCUT2D eigenvalue weighted by Crippen LogP contribution is 2.20. The van der Waals surface area contributed by atoms with Crippen molar-refractivity contribution in [3.63, 3.8) is 0 Å². The molecule has 3 aromatic rings. The number of nitrogens with one attached hydrogen (secondary N) is 2. The van der Waals surface area contributed by atoms with Crippen LogP contribution in [0.15, 0.2) is 24.5 Å². The van der Waals surface area contributed by atoms with E-state index in [1.807, 2.05) is 26.0 Å². The summed E-state index contributed by atoms with van der Waals surface area (Å²) in [5.41, 5.74) is 2.71. The molecule has 0 saturated heterocycles. The number of hydrogen-bond donors (Lipinski definition) is 2. The number of fused-ring (bicyclic) bond motifs is 1. The van der Waals surface area contributed by atoms with E-state index in [1.54, 1.807) is 12.4 Å². The molecule has 7 heteroatoms. The van der Waals surface area contributed by atoms with E-state index in [0.717, 1.165) is 21.6 Å². The Labute approximate surface area is 125 Å². The molecule has 0 saturated carbocycles. The van der Waals surface area contributed by atoms with Crippen LogP contribution >= 0.6 is 11.3 Å². The second-order valence-corrected chi connectivity index (χ2v) is 6.01. The molecule has 0 aliphatic heterocycles. The number of aryl methyl sites for hydroxylation is 1. The van der Waals surface area contributed by atoms with Gasteiger partial charge in [-0.1, -0.05) is 0 Å². The van der Waals surface area contributed by atoms with E-state index >= 15 is 0 Å². The van der Waals surface area contributed by atoms with Crippen molar-refractivity contribution >= 4 is 27.5 Å². The maximum absolute atomic E-state index is 12.2. The molecule has 3 heterocycles. The predicted molar refractivity (Wildman–Crippen MR) is 81.4 cm³/mol. The molecule has 1 unspecified atom stereocenters. The highest BCUT2D eigenvalue weighted by molar-refractivity contribution is 7.20. The van der Waals surface area contributed by atoms with Gasteiger partial charge in [0.25, 0.3) is 5.91 Å². The van der Waals surface area contributed by atoms with Gasteiger partial charge >= 0.3 is 0 Å². The van der Waals surface area contributed by atoms with E-state index in [-0.39, 0.29) is 11.9 Å². The lowest BCUT2D eigenvalue weighted by molar-refractivity contribution is 0.0940. The average molecular weight is 301 g/mol. The van der Waals surface area contributed by atoms with Crippen LogP contribution in [0.1, 0.15) is 28.1 Å². The fraction of sp³-hybridized carbons (Fsp3) is 0.286. The van der Waals surface area contributed by atoms with Crippen LogP contribution in [-0.2, 0) is 6.42 Å². The molecule has 0 radical (unpaired) electrons. The molecule has 0 aliphatic carbocycles. The van der Waals surface area contributed by atoms with Crippen LogP contribution in [0.5, 0.6) is 0 Å². The lowest BCUT2D eigenvalue weighted by Crippen LogP contribution is -2.34. The fourth-order valence-electron chi connectivity index (χ4n) is 2.11. The monoisotopic (exact) mass is 301 g/mol. The Morgan fingerprint density at radius 2 is 2.38 bits per heavy atom. The number of carbonyl (C=O) groups is 1. The Bertz CT molecular complexity index is 745. The Hall–Kier alpha value is -2.28. The minimum atomic E-state index is -0.157. The fourth-order valence-corrected chi connectivity index (χ4v) is 2.94. The molecule has 21 heavy (non-hydrogen) atoms. The minimum Gasteiger partial charge on any atom is -0.347 e. The van der Waals surface area contributed by atoms with E-state index < -0.39 is 0 Å². The van der Waals surface area contributed by atoms with Gasteiger partial charge in [-0.2, -0.15) is 5.10 Å². The van der Waals surface area contributed by atoms with E-state index in [1.165, 1.54) is 11.3 Å². The van der Waals surface area contributed by atoms with E-state index in [4.69, 9.17) is 0 Å². The molecule has 6 nitrogen and oxygen atoms in total. The SMILES string of the molecule is Cc1cc(CC(C)NC(=O)c2nc3cnccc3s2)n[nH]1. The molecule has 1 atom stereocenters. The predicted octanol–water partition coefficient (Wildman–Crippen LogP) is 2.08. The zero-order valence-electron chi connectivity index (χ0n) is 11.8. The van der Waals surface area contributed by atoms with E-state index in [9.17, 15) is 4.79 Å². The van der Waals surface area contributed by atoms with Gasteiger partial charge in [-0.3, -0.25) is 14.9 Å². The number of carbonyl (C=O) groups excluding carboxylic acids is 1. The normalized spacial score (nSPS) is 12.5. The molecule has 3 aromatic heterocycles. The number of H-pyrrole nitrogens is 1. The topological polar surface area (TPSA) is 83.6 Å². The first kappa shape index (κ1) is 13.7. The molecule has 0 aliphatic rings. The van der Waals surface area contributed by atoms with Gasteiger partial charge in [0.1, 0.15) is 5.52 Å². The number of hydrogen-bond acceptors (Lipinski definition) is 5. The van der Waals surface area contributed by atoms with Crippen molar-refractivity contribution in [1.29, 1.82) is 0 Å². The maximum atomic E-state index is 12.2. The van der Waals surface area contributed by atoms with Gasteiger partial charge in [0.2, 0.25) is 0 Å². The quantitative estimate of drug-likeness (QED) is 0.773. The molecule has 0 spiro atoms. The van der Waals surface area contributed by atoms with Crippen LogP contribution in [0.3, 0.4) is 0 Å². The van der Waals surface area contributed by atoms with Crippen LogP contribution in [0.4, 0.5) is 0 Å². The van der Waals surface area contributed by atoms with Crippen LogP contribution in [0.2, 0.25) is 0 Å². The minimum absolute atomic E-state index is 0.00895. The number of aromatic amines is 1. The maximum Gasteiger partial charge on any atom is 0.280 e. The molecular formula is C14H15N5OS. The van der Waals surface area contributed by atoms with Gasteiger partial charge in [0.05, 0.1) is 16.6 Å². The van der Waals surface area contributed by atoms with Crippen molar-refractivity contribution in [2.24, 2.45) is 0 Å². The van der Waals surface area contributed by atoms with Crippen molar-refractivity contribution in [3.8, 4) is 0 Å². The van der Waals surface area contributed by atoms with Crippen molar-refractivity contribution in [2.45, 2.75) is 26.3 Å². The summed E-state index contributed by atoms with van der Waals surface area (Å²) in [6.07, 6.45) is 4.05. The number of nitrogens with zero attached hydrogens (tertiary/aromatic N) is 3. The van der Waals surface area contributed by atoms with E-state index in [0.29, 0.717) is 11.4 Å². The summed E-state index contributed by atoms with van der Waals surface area (Å²) in [4.78, 5) is 20.5. The summed E-state index contributed by atoms with van der Waals surface area (Å²) >= 11 is 1.37. The number of pyridine rings is 1. The van der Waals surface area contributed by atoms with E-state index in [2.05, 4.69) is 25.5 Å². The van der Waals surface area contributed by atoms with Gasteiger partial charge in [-0.15, -0.1) is 11.3 Å². The second-order valence-electron chi connectivity index (χ2n) is 4.98. The summed E-state index contributed by atoms with van der Waals surface area (Å²) in [6.45, 7) is 3.91. The smallest absolute Gasteiger partial charge is 0.280 e. The average Bonchev–Trinajstić information content (AvgIpc) is 3.04. The van der Waals surface area contributed by atoms with Crippen molar-refractivity contribution in [2.75, 3.05) is 0 Å². The summed E-state index contributed by atoms with van der Waals surface area (Å²) in [5, 5.41) is 10.5. The number of thiazole rings is 1. The number of aromatic nitrogens is 4. The van der Waals surface area contributed by atoms with Gasteiger partial charge in [-0.25, -0.2) is 4.98 Å². The second kappa shape index (κ2) is 5.61. The summed E-state index contributed by atoms with van der Waals surface area (Å²) in [7, 11) is 0. The van der Waals surface area contributed by atoms with Gasteiger partial charge < -0.3 is 5.32 Å². The Morgan fingerprint density at radius 3 is 3.10 bits per heavy atom. The highest BCUT2D eigenvalue weighted by atomic mass is 32.1. The molecular weight excluding hydrogens is 286 g/mol. The number of rotatable bonds is 4. The van der Waals surface area contributed by atoms with Crippen LogP contribution < -0.4 is 5.32 Å². The molecule has 1 amide bonds. The third-order valence-electron chi connectivity index (χ3n) is 3.04. The molecule has 108 valence electrons. The highest BCUT2D eigenvalue weighted by Gasteiger charge is 2.15. The Morgan fingerprint density at radius 1 is 1.52 bits per heavy atom. The third kappa shape index (κ3) is 3.08. The summed E-state index contributed by atoms with van der Waals surface area (Å²) in [5.74, 6) is -0.157. The molecule has 0 bridgehead atoms. The van der Waals surface area contributed by atoms with Crippen molar-refractivity contribution < 1.29 is 4.79 Å². The molecule has 0 fully saturated rings. The van der Waals surface area contributed by atoms with Crippen molar-refractivity contribution in [1.82, 2.24) is 25.5 Å². The first-order valence-electron chi connectivity index (χ1n) is 6.64. The lowest BCUT2D eigenvalue weighted by Gasteiger charge is -2.10. The van der Waals surface area contributed by atoms with Gasteiger partial charge in [0, 0.05) is 24.4 Å². The summed E-state index contributed by atoms with van der Waals surface area (Å²) in [6, 6.07) is 3.83. The zero-order chi connectivity index (χ0) is 14.8. The first-order chi connectivity index (χ1) is 10.1. The molecule has 2 N–H and O–H groups in total.